The number of alkyl carbamates (subject to hydrolysis) is 1. The maximum atomic E-state index is 13.7. The predicted molar refractivity (Wildman–Crippen MR) is 123 cm³/mol. The van der Waals surface area contributed by atoms with E-state index in [9.17, 15) is 32.3 Å². The highest BCUT2D eigenvalue weighted by Crippen LogP contribution is 2.32. The number of ether oxygens (including phenoxy) is 2. The van der Waals surface area contributed by atoms with E-state index in [-0.39, 0.29) is 12.1 Å². The van der Waals surface area contributed by atoms with Crippen molar-refractivity contribution in [2.24, 2.45) is 0 Å². The molecule has 0 radical (unpaired) electrons. The fourth-order valence-corrected chi connectivity index (χ4v) is 3.47. The normalized spacial score (nSPS) is 12.1. The summed E-state index contributed by atoms with van der Waals surface area (Å²) in [7, 11) is 1.46. The standard InChI is InChI=1S/C26H23F4NO5/c1-15(24(32)33)17-4-3-5-18(11-17)19-7-9-23(35-2)20(12-19)13-31-25(34)36-14-16-6-8-21(22(27)10-16)26(28,29)30/h3-12,15H,13-14H2,1-2H3,(H,31,34)(H,32,33). The molecule has 3 aromatic rings. The number of carboxylic acid groups (broad SMARTS) is 1. The zero-order valence-corrected chi connectivity index (χ0v) is 19.4. The number of rotatable bonds is 8. The molecule has 6 nitrogen and oxygen atoms in total. The zero-order chi connectivity index (χ0) is 26.5. The minimum atomic E-state index is -4.82. The first kappa shape index (κ1) is 26.5. The number of carboxylic acids is 1. The summed E-state index contributed by atoms with van der Waals surface area (Å²) in [5, 5.41) is 11.8. The molecule has 3 rings (SSSR count). The number of carbonyl (C=O) groups is 2. The molecule has 1 amide bonds. The third-order valence-corrected chi connectivity index (χ3v) is 5.50. The zero-order valence-electron chi connectivity index (χ0n) is 19.4. The van der Waals surface area contributed by atoms with Crippen LogP contribution in [0, 0.1) is 5.82 Å². The van der Waals surface area contributed by atoms with Gasteiger partial charge < -0.3 is 19.9 Å². The van der Waals surface area contributed by atoms with Crippen LogP contribution in [0.4, 0.5) is 22.4 Å². The van der Waals surface area contributed by atoms with Crippen LogP contribution in [0.5, 0.6) is 5.75 Å². The average Bonchev–Trinajstić information content (AvgIpc) is 2.84. The Labute approximate surface area is 204 Å². The minimum absolute atomic E-state index is 0.00242. The molecule has 0 aliphatic carbocycles. The molecule has 0 aliphatic rings. The fraction of sp³-hybridized carbons (Fsp3) is 0.231. The molecule has 190 valence electrons. The Morgan fingerprint density at radius 1 is 1.03 bits per heavy atom. The fourth-order valence-electron chi connectivity index (χ4n) is 3.47. The molecule has 3 aromatic carbocycles. The molecule has 10 heteroatoms. The van der Waals surface area contributed by atoms with Gasteiger partial charge in [0.05, 0.1) is 18.6 Å². The van der Waals surface area contributed by atoms with Crippen molar-refractivity contribution in [2.45, 2.75) is 32.2 Å². The van der Waals surface area contributed by atoms with Gasteiger partial charge in [0, 0.05) is 12.1 Å². The minimum Gasteiger partial charge on any atom is -0.496 e. The van der Waals surface area contributed by atoms with Crippen molar-refractivity contribution < 1.29 is 41.7 Å². The van der Waals surface area contributed by atoms with Gasteiger partial charge in [-0.1, -0.05) is 36.4 Å². The van der Waals surface area contributed by atoms with Crippen molar-refractivity contribution in [1.82, 2.24) is 5.32 Å². The second kappa shape index (κ2) is 11.1. The first-order valence-corrected chi connectivity index (χ1v) is 10.8. The number of benzene rings is 3. The van der Waals surface area contributed by atoms with E-state index in [1.807, 2.05) is 6.07 Å². The Balaban J connectivity index is 1.67. The Morgan fingerprint density at radius 2 is 1.75 bits per heavy atom. The van der Waals surface area contributed by atoms with Gasteiger partial charge in [0.15, 0.2) is 0 Å². The third kappa shape index (κ3) is 6.53. The molecule has 2 N–H and O–H groups in total. The molecule has 0 heterocycles. The largest absolute Gasteiger partial charge is 0.496 e. The summed E-state index contributed by atoms with van der Waals surface area (Å²) < 4.78 is 62.0. The predicted octanol–water partition coefficient (Wildman–Crippen LogP) is 6.13. The van der Waals surface area contributed by atoms with Crippen LogP contribution in [0.2, 0.25) is 0 Å². The Morgan fingerprint density at radius 3 is 2.39 bits per heavy atom. The molecule has 0 fully saturated rings. The van der Waals surface area contributed by atoms with Crippen LogP contribution in [0.1, 0.15) is 35.1 Å². The highest BCUT2D eigenvalue weighted by Gasteiger charge is 2.33. The summed E-state index contributed by atoms with van der Waals surface area (Å²) in [6.07, 6.45) is -5.68. The lowest BCUT2D eigenvalue weighted by atomic mass is 9.95. The van der Waals surface area contributed by atoms with Crippen LogP contribution in [-0.4, -0.2) is 24.3 Å². The number of amides is 1. The molecule has 0 aliphatic heterocycles. The molecule has 0 aromatic heterocycles. The van der Waals surface area contributed by atoms with E-state index in [0.717, 1.165) is 17.2 Å². The lowest BCUT2D eigenvalue weighted by molar-refractivity contribution is -0.140. The Hall–Kier alpha value is -4.08. The monoisotopic (exact) mass is 505 g/mol. The van der Waals surface area contributed by atoms with Crippen LogP contribution < -0.4 is 10.1 Å². The average molecular weight is 505 g/mol. The first-order chi connectivity index (χ1) is 17.0. The lowest BCUT2D eigenvalue weighted by Gasteiger charge is -2.14. The van der Waals surface area contributed by atoms with E-state index in [2.05, 4.69) is 5.32 Å². The number of nitrogens with one attached hydrogen (secondary N) is 1. The lowest BCUT2D eigenvalue weighted by Crippen LogP contribution is -2.24. The highest BCUT2D eigenvalue weighted by molar-refractivity contribution is 5.77. The van der Waals surface area contributed by atoms with Gasteiger partial charge in [0.1, 0.15) is 18.2 Å². The number of alkyl halides is 3. The quantitative estimate of drug-likeness (QED) is 0.360. The van der Waals surface area contributed by atoms with E-state index in [4.69, 9.17) is 9.47 Å². The summed E-state index contributed by atoms with van der Waals surface area (Å²) in [5.74, 6) is -2.59. The van der Waals surface area contributed by atoms with Crippen molar-refractivity contribution >= 4 is 12.1 Å². The van der Waals surface area contributed by atoms with Crippen LogP contribution >= 0.6 is 0 Å². The van der Waals surface area contributed by atoms with Crippen LogP contribution in [0.25, 0.3) is 11.1 Å². The van der Waals surface area contributed by atoms with E-state index < -0.39 is 42.1 Å². The maximum absolute atomic E-state index is 13.7. The van der Waals surface area contributed by atoms with Crippen LogP contribution in [0.15, 0.2) is 60.7 Å². The molecule has 0 bridgehead atoms. The van der Waals surface area contributed by atoms with E-state index in [1.54, 1.807) is 43.3 Å². The Kier molecular flexibility index (Phi) is 8.18. The molecular weight excluding hydrogens is 482 g/mol. The maximum Gasteiger partial charge on any atom is 0.419 e. The van der Waals surface area contributed by atoms with E-state index >= 15 is 0 Å². The van der Waals surface area contributed by atoms with Crippen molar-refractivity contribution in [3.05, 3.63) is 88.7 Å². The van der Waals surface area contributed by atoms with Gasteiger partial charge in [-0.3, -0.25) is 4.79 Å². The van der Waals surface area contributed by atoms with Crippen molar-refractivity contribution in [2.75, 3.05) is 7.11 Å². The van der Waals surface area contributed by atoms with Crippen molar-refractivity contribution in [3.8, 4) is 16.9 Å². The van der Waals surface area contributed by atoms with Crippen molar-refractivity contribution in [3.63, 3.8) is 0 Å². The second-order valence-corrected chi connectivity index (χ2v) is 7.95. The van der Waals surface area contributed by atoms with E-state index in [1.165, 1.54) is 7.11 Å². The van der Waals surface area contributed by atoms with Crippen LogP contribution in [-0.2, 0) is 28.9 Å². The number of hydrogen-bond donors (Lipinski definition) is 2. The van der Waals surface area contributed by atoms with Gasteiger partial charge in [0.25, 0.3) is 0 Å². The topological polar surface area (TPSA) is 84.9 Å². The summed E-state index contributed by atoms with van der Waals surface area (Å²) in [5.41, 5.74) is 1.44. The van der Waals surface area contributed by atoms with Gasteiger partial charge in [-0.2, -0.15) is 13.2 Å². The molecule has 0 spiro atoms. The first-order valence-electron chi connectivity index (χ1n) is 10.8. The number of methoxy groups -OCH3 is 1. The summed E-state index contributed by atoms with van der Waals surface area (Å²) in [6.45, 7) is 1.17. The van der Waals surface area contributed by atoms with E-state index in [0.29, 0.717) is 29.0 Å². The van der Waals surface area contributed by atoms with Crippen LogP contribution in [0.3, 0.4) is 0 Å². The molecule has 1 atom stereocenters. The van der Waals surface area contributed by atoms with Gasteiger partial charge in [0.2, 0.25) is 0 Å². The van der Waals surface area contributed by atoms with Gasteiger partial charge in [-0.25, -0.2) is 9.18 Å². The molecular formula is C26H23F4NO5. The number of halogens is 4. The molecule has 1 unspecified atom stereocenters. The number of carbonyl (C=O) groups excluding carboxylic acids is 1. The number of aliphatic carboxylic acids is 1. The summed E-state index contributed by atoms with van der Waals surface area (Å²) in [4.78, 5) is 23.5. The van der Waals surface area contributed by atoms with Gasteiger partial charge in [-0.15, -0.1) is 0 Å². The number of hydrogen-bond acceptors (Lipinski definition) is 4. The van der Waals surface area contributed by atoms with Gasteiger partial charge in [-0.05, 0) is 53.4 Å². The van der Waals surface area contributed by atoms with Gasteiger partial charge >= 0.3 is 18.2 Å². The highest BCUT2D eigenvalue weighted by atomic mass is 19.4. The molecule has 0 saturated heterocycles. The van der Waals surface area contributed by atoms with Crippen molar-refractivity contribution in [1.29, 1.82) is 0 Å². The molecule has 0 saturated carbocycles. The summed E-state index contributed by atoms with van der Waals surface area (Å²) >= 11 is 0. The smallest absolute Gasteiger partial charge is 0.419 e. The second-order valence-electron chi connectivity index (χ2n) is 7.95. The Bertz CT molecular complexity index is 1260. The molecule has 36 heavy (non-hydrogen) atoms. The summed E-state index contributed by atoms with van der Waals surface area (Å²) in [6, 6.07) is 14.7. The SMILES string of the molecule is COc1ccc(-c2cccc(C(C)C(=O)O)c2)cc1CNC(=O)OCc1ccc(C(F)(F)F)c(F)c1. The third-order valence-electron chi connectivity index (χ3n) is 5.50.